The van der Waals surface area contributed by atoms with Gasteiger partial charge in [-0.05, 0) is 115 Å². The van der Waals surface area contributed by atoms with E-state index in [9.17, 15) is 8.42 Å². The SMILES string of the molecule is C[C@H](CCCOS(C)(=O)=O)[C@H]1CC[C@H]2[C@@H]3[C@H](OCCN=[N+]=[N-])C[C@@H]4C[C@H](OCCN=[N+]=[N-])CC[C@]4(C)[C@H]3C[C@H](OCCN=[N+]=[N-])[C@]12C. The molecule has 0 unspecified atom stereocenters. The maximum absolute atomic E-state index is 11.5. The molecule has 0 spiro atoms. The van der Waals surface area contributed by atoms with Gasteiger partial charge in [-0.1, -0.05) is 36.1 Å². The quantitative estimate of drug-likeness (QED) is 0.0474. The third-order valence-electron chi connectivity index (χ3n) is 12.3. The van der Waals surface area contributed by atoms with E-state index in [0.717, 1.165) is 57.6 Å². The van der Waals surface area contributed by atoms with Gasteiger partial charge in [-0.3, -0.25) is 4.18 Å². The third kappa shape index (κ3) is 8.85. The summed E-state index contributed by atoms with van der Waals surface area (Å²) in [4.78, 5) is 8.70. The van der Waals surface area contributed by atoms with E-state index in [4.69, 9.17) is 35.0 Å². The Morgan fingerprint density at radius 3 is 2.11 bits per heavy atom. The first-order valence-corrected chi connectivity index (χ1v) is 19.0. The zero-order valence-corrected chi connectivity index (χ0v) is 29.2. The van der Waals surface area contributed by atoms with Crippen LogP contribution >= 0.6 is 0 Å². The number of hydrogen-bond donors (Lipinski definition) is 0. The number of rotatable bonds is 18. The van der Waals surface area contributed by atoms with Crippen LogP contribution in [0.15, 0.2) is 15.3 Å². The summed E-state index contributed by atoms with van der Waals surface area (Å²) in [5, 5.41) is 11.1. The normalized spacial score (nSPS) is 36.9. The number of ether oxygens (including phenoxy) is 3. The number of hydrogen-bond acceptors (Lipinski definition) is 9. The lowest BCUT2D eigenvalue weighted by Gasteiger charge is -2.64. The van der Waals surface area contributed by atoms with Crippen molar-refractivity contribution in [3.05, 3.63) is 31.3 Å². The molecule has 4 fully saturated rings. The molecule has 4 aliphatic carbocycles. The number of fused-ring (bicyclic) bond motifs is 5. The van der Waals surface area contributed by atoms with Gasteiger partial charge in [0.2, 0.25) is 0 Å². The number of azide groups is 3. The molecular formula is C31H53N9O6S. The fraction of sp³-hybridized carbons (Fsp3) is 1.00. The van der Waals surface area contributed by atoms with Gasteiger partial charge in [0, 0.05) is 39.8 Å². The molecule has 0 amide bonds. The standard InChI is InChI=1S/C31H53N9O6S/c1-21(6-5-14-46-47(4,41)42)24-7-8-25-29-26(20-28(31(24,25)3)45-17-13-37-40-34)30(2)10-9-23(43-15-11-35-38-32)18-22(30)19-27(29)44-16-12-36-39-33/h21-29H,5-20H2,1-4H3/t21-,22+,23-,24-,25+,26+,27-,28+,29+,30+,31-/m1/s1. The molecule has 4 aliphatic rings. The highest BCUT2D eigenvalue weighted by molar-refractivity contribution is 7.85. The van der Waals surface area contributed by atoms with Crippen molar-refractivity contribution in [3.8, 4) is 0 Å². The van der Waals surface area contributed by atoms with Crippen LogP contribution in [0.25, 0.3) is 31.3 Å². The Morgan fingerprint density at radius 2 is 1.47 bits per heavy atom. The summed E-state index contributed by atoms with van der Waals surface area (Å²) in [5.74, 6) is 2.11. The third-order valence-corrected chi connectivity index (χ3v) is 12.9. The van der Waals surface area contributed by atoms with Gasteiger partial charge in [0.1, 0.15) is 0 Å². The Bertz CT molecular complexity index is 1300. The van der Waals surface area contributed by atoms with Crippen molar-refractivity contribution in [3.63, 3.8) is 0 Å². The molecule has 0 aromatic heterocycles. The Hall–Kier alpha value is -2.28. The summed E-state index contributed by atoms with van der Waals surface area (Å²) in [6.07, 6.45) is 9.53. The van der Waals surface area contributed by atoms with Gasteiger partial charge in [0.05, 0.1) is 51.0 Å². The largest absolute Gasteiger partial charge is 0.378 e. The highest BCUT2D eigenvalue weighted by atomic mass is 32.2. The molecule has 15 nitrogen and oxygen atoms in total. The average Bonchev–Trinajstić information content (AvgIpc) is 3.39. The minimum Gasteiger partial charge on any atom is -0.378 e. The van der Waals surface area contributed by atoms with E-state index in [1.165, 1.54) is 0 Å². The lowest BCUT2D eigenvalue weighted by atomic mass is 9.43. The molecule has 0 aliphatic heterocycles. The Kier molecular flexibility index (Phi) is 13.5. The summed E-state index contributed by atoms with van der Waals surface area (Å²) in [6.45, 7) is 9.37. The first-order valence-electron chi connectivity index (χ1n) is 17.2. The molecule has 0 saturated heterocycles. The second-order valence-corrected chi connectivity index (χ2v) is 16.2. The topological polar surface area (TPSA) is 217 Å². The van der Waals surface area contributed by atoms with Crippen LogP contribution in [0.1, 0.15) is 78.6 Å². The van der Waals surface area contributed by atoms with Crippen molar-refractivity contribution in [1.29, 1.82) is 0 Å². The maximum atomic E-state index is 11.5. The lowest BCUT2D eigenvalue weighted by molar-refractivity contribution is -0.226. The summed E-state index contributed by atoms with van der Waals surface area (Å²) >= 11 is 0. The van der Waals surface area contributed by atoms with E-state index in [-0.39, 0.29) is 42.3 Å². The van der Waals surface area contributed by atoms with Crippen LogP contribution in [-0.2, 0) is 28.5 Å². The molecule has 0 radical (unpaired) electrons. The summed E-state index contributed by atoms with van der Waals surface area (Å²) in [7, 11) is -3.47. The van der Waals surface area contributed by atoms with E-state index in [1.54, 1.807) is 0 Å². The molecule has 11 atom stereocenters. The van der Waals surface area contributed by atoms with Gasteiger partial charge in [0.15, 0.2) is 0 Å². The predicted octanol–water partition coefficient (Wildman–Crippen LogP) is 7.34. The summed E-state index contributed by atoms with van der Waals surface area (Å²) in [6, 6.07) is 0. The highest BCUT2D eigenvalue weighted by Gasteiger charge is 2.66. The molecule has 0 bridgehead atoms. The zero-order chi connectivity index (χ0) is 34.1. The molecular weight excluding hydrogens is 626 g/mol. The van der Waals surface area contributed by atoms with E-state index in [0.29, 0.717) is 74.8 Å². The van der Waals surface area contributed by atoms with Crippen molar-refractivity contribution in [2.75, 3.05) is 52.3 Å². The molecule has 0 aromatic rings. The molecule has 47 heavy (non-hydrogen) atoms. The minimum atomic E-state index is -3.47. The number of nitrogens with zero attached hydrogens (tertiary/aromatic N) is 9. The Labute approximate surface area is 278 Å². The van der Waals surface area contributed by atoms with Crippen molar-refractivity contribution in [1.82, 2.24) is 0 Å². The predicted molar refractivity (Wildman–Crippen MR) is 176 cm³/mol. The fourth-order valence-electron chi connectivity index (χ4n) is 10.3. The fourth-order valence-corrected chi connectivity index (χ4v) is 10.7. The molecule has 0 N–H and O–H groups in total. The van der Waals surface area contributed by atoms with Gasteiger partial charge in [-0.25, -0.2) is 0 Å². The monoisotopic (exact) mass is 679 g/mol. The van der Waals surface area contributed by atoms with Crippen LogP contribution in [0.2, 0.25) is 0 Å². The van der Waals surface area contributed by atoms with Crippen LogP contribution in [0.5, 0.6) is 0 Å². The van der Waals surface area contributed by atoms with Gasteiger partial charge >= 0.3 is 0 Å². The molecule has 16 heteroatoms. The van der Waals surface area contributed by atoms with E-state index in [2.05, 4.69) is 50.8 Å². The first kappa shape index (κ1) is 37.5. The van der Waals surface area contributed by atoms with Crippen LogP contribution in [0.3, 0.4) is 0 Å². The van der Waals surface area contributed by atoms with Gasteiger partial charge in [0.25, 0.3) is 10.1 Å². The molecule has 4 rings (SSSR count). The molecule has 0 aromatic carbocycles. The van der Waals surface area contributed by atoms with E-state index >= 15 is 0 Å². The van der Waals surface area contributed by atoms with Crippen molar-refractivity contribution in [2.45, 2.75) is 96.9 Å². The van der Waals surface area contributed by atoms with Crippen molar-refractivity contribution in [2.24, 2.45) is 61.7 Å². The second kappa shape index (κ2) is 16.9. The van der Waals surface area contributed by atoms with Crippen LogP contribution in [0, 0.1) is 46.3 Å². The summed E-state index contributed by atoms with van der Waals surface area (Å²) in [5.41, 5.74) is 26.4. The maximum Gasteiger partial charge on any atom is 0.264 e. The first-order chi connectivity index (χ1) is 22.5. The Balaban J connectivity index is 1.62. The molecule has 264 valence electrons. The minimum absolute atomic E-state index is 0.0135. The second-order valence-electron chi connectivity index (χ2n) is 14.6. The van der Waals surface area contributed by atoms with Crippen LogP contribution in [-0.4, -0.2) is 79.0 Å². The van der Waals surface area contributed by atoms with Crippen LogP contribution < -0.4 is 0 Å². The average molecular weight is 680 g/mol. The van der Waals surface area contributed by atoms with Crippen LogP contribution in [0.4, 0.5) is 0 Å². The summed E-state index contributed by atoms with van der Waals surface area (Å²) < 4.78 is 47.7. The van der Waals surface area contributed by atoms with Gasteiger partial charge in [-0.15, -0.1) is 0 Å². The smallest absolute Gasteiger partial charge is 0.264 e. The highest BCUT2D eigenvalue weighted by Crippen LogP contribution is 2.69. The van der Waals surface area contributed by atoms with Crippen molar-refractivity contribution < 1.29 is 26.8 Å². The van der Waals surface area contributed by atoms with Gasteiger partial charge in [-0.2, -0.15) is 8.42 Å². The van der Waals surface area contributed by atoms with Crippen molar-refractivity contribution >= 4 is 10.1 Å². The van der Waals surface area contributed by atoms with E-state index < -0.39 is 10.1 Å². The van der Waals surface area contributed by atoms with E-state index in [1.807, 2.05) is 0 Å². The molecule has 0 heterocycles. The van der Waals surface area contributed by atoms with Gasteiger partial charge < -0.3 is 14.2 Å². The lowest BCUT2D eigenvalue weighted by Crippen LogP contribution is -2.63. The molecule has 4 saturated carbocycles. The zero-order valence-electron chi connectivity index (χ0n) is 28.4. The Morgan fingerprint density at radius 1 is 0.830 bits per heavy atom.